The monoisotopic (exact) mass is 333 g/mol. The van der Waals surface area contributed by atoms with Gasteiger partial charge in [-0.2, -0.15) is 5.10 Å². The lowest BCUT2D eigenvalue weighted by molar-refractivity contribution is 0.945. The molecule has 0 fully saturated rings. The number of aromatic amines is 1. The minimum Gasteiger partial charge on any atom is -0.330 e. The first kappa shape index (κ1) is 15.1. The van der Waals surface area contributed by atoms with E-state index in [0.29, 0.717) is 18.8 Å². The van der Waals surface area contributed by atoms with Gasteiger partial charge >= 0.3 is 0 Å². The van der Waals surface area contributed by atoms with Crippen molar-refractivity contribution in [2.45, 2.75) is 19.8 Å². The second-order valence-corrected chi connectivity index (χ2v) is 6.43. The van der Waals surface area contributed by atoms with Gasteiger partial charge in [0.1, 0.15) is 5.82 Å². The molecule has 3 rings (SSSR count). The van der Waals surface area contributed by atoms with Crippen molar-refractivity contribution < 1.29 is 0 Å². The molecule has 2 aromatic heterocycles. The molecule has 3 aromatic rings. The molecule has 2 heterocycles. The lowest BCUT2D eigenvalue weighted by atomic mass is 10.1. The Morgan fingerprint density at radius 2 is 2.09 bits per heavy atom. The maximum absolute atomic E-state index is 6.18. The van der Waals surface area contributed by atoms with Gasteiger partial charge in [-0.3, -0.25) is 5.10 Å². The van der Waals surface area contributed by atoms with Gasteiger partial charge in [0.05, 0.1) is 15.6 Å². The molecule has 0 spiro atoms. The number of H-pyrrole nitrogens is 1. The number of nitrogens with two attached hydrogens (primary N) is 1. The number of aromatic nitrogens is 4. The summed E-state index contributed by atoms with van der Waals surface area (Å²) in [5.74, 6) is 1.47. The fourth-order valence-electron chi connectivity index (χ4n) is 2.19. The predicted molar refractivity (Wildman–Crippen MR) is 89.2 cm³/mol. The molecule has 0 aliphatic carbocycles. The van der Waals surface area contributed by atoms with E-state index in [0.717, 1.165) is 38.4 Å². The van der Waals surface area contributed by atoms with Crippen LogP contribution < -0.4 is 5.73 Å². The molecule has 0 atom stereocenters. The summed E-state index contributed by atoms with van der Waals surface area (Å²) in [7, 11) is 0. The summed E-state index contributed by atoms with van der Waals surface area (Å²) < 4.78 is 0. The summed E-state index contributed by atoms with van der Waals surface area (Å²) in [5, 5.41) is 9.05. The topological polar surface area (TPSA) is 80.5 Å². The summed E-state index contributed by atoms with van der Waals surface area (Å²) in [5.41, 5.74) is 7.55. The number of rotatable bonds is 5. The van der Waals surface area contributed by atoms with Crippen LogP contribution in [-0.4, -0.2) is 26.7 Å². The Kier molecular flexibility index (Phi) is 4.52. The van der Waals surface area contributed by atoms with Crippen molar-refractivity contribution in [3.8, 4) is 10.7 Å². The van der Waals surface area contributed by atoms with Crippen molar-refractivity contribution in [3.05, 3.63) is 51.4 Å². The Hall–Kier alpha value is -1.76. The van der Waals surface area contributed by atoms with Crippen LogP contribution in [0, 0.1) is 6.92 Å². The van der Waals surface area contributed by atoms with Crippen molar-refractivity contribution in [1.29, 1.82) is 0 Å². The highest BCUT2D eigenvalue weighted by atomic mass is 35.5. The second kappa shape index (κ2) is 6.56. The first-order chi connectivity index (χ1) is 10.7. The van der Waals surface area contributed by atoms with Crippen LogP contribution in [0.1, 0.15) is 22.1 Å². The predicted octanol–water partition coefficient (Wildman–Crippen LogP) is 2.98. The van der Waals surface area contributed by atoms with Crippen molar-refractivity contribution >= 4 is 22.9 Å². The molecule has 3 N–H and O–H groups in total. The van der Waals surface area contributed by atoms with E-state index in [1.165, 1.54) is 0 Å². The normalized spacial score (nSPS) is 11.0. The summed E-state index contributed by atoms with van der Waals surface area (Å²) in [6, 6.07) is 7.74. The van der Waals surface area contributed by atoms with E-state index in [2.05, 4.69) is 20.2 Å². The van der Waals surface area contributed by atoms with Crippen molar-refractivity contribution in [3.63, 3.8) is 0 Å². The molecular weight excluding hydrogens is 318 g/mol. The van der Waals surface area contributed by atoms with Gasteiger partial charge in [-0.05, 0) is 25.1 Å². The summed E-state index contributed by atoms with van der Waals surface area (Å²) in [6.45, 7) is 2.56. The molecule has 0 radical (unpaired) electrons. The van der Waals surface area contributed by atoms with Gasteiger partial charge in [-0.15, -0.1) is 11.3 Å². The highest BCUT2D eigenvalue weighted by Crippen LogP contribution is 2.28. The molecule has 0 amide bonds. The van der Waals surface area contributed by atoms with E-state index in [9.17, 15) is 0 Å². The van der Waals surface area contributed by atoms with E-state index in [-0.39, 0.29) is 0 Å². The zero-order valence-electron chi connectivity index (χ0n) is 12.1. The minimum absolute atomic E-state index is 0.595. The van der Waals surface area contributed by atoms with Crippen molar-refractivity contribution in [1.82, 2.24) is 20.2 Å². The third-order valence-electron chi connectivity index (χ3n) is 3.25. The zero-order chi connectivity index (χ0) is 15.5. The summed E-state index contributed by atoms with van der Waals surface area (Å²) >= 11 is 7.78. The Bertz CT molecular complexity index is 780. The van der Waals surface area contributed by atoms with Crippen LogP contribution in [0.3, 0.4) is 0 Å². The molecule has 7 heteroatoms. The Morgan fingerprint density at radius 3 is 2.86 bits per heavy atom. The molecule has 0 aliphatic heterocycles. The molecule has 0 saturated heterocycles. The van der Waals surface area contributed by atoms with E-state index in [1.807, 2.05) is 31.2 Å². The molecule has 114 valence electrons. The molecule has 0 bridgehead atoms. The smallest absolute Gasteiger partial charge is 0.193 e. The highest BCUT2D eigenvalue weighted by Gasteiger charge is 2.14. The van der Waals surface area contributed by atoms with Crippen LogP contribution >= 0.6 is 22.9 Å². The van der Waals surface area contributed by atoms with E-state index < -0.39 is 0 Å². The third kappa shape index (κ3) is 3.19. The Labute approximate surface area is 137 Å². The van der Waals surface area contributed by atoms with Gasteiger partial charge in [-0.25, -0.2) is 9.97 Å². The van der Waals surface area contributed by atoms with Gasteiger partial charge in [0.15, 0.2) is 5.82 Å². The Morgan fingerprint density at radius 1 is 1.27 bits per heavy atom. The van der Waals surface area contributed by atoms with Crippen LogP contribution in [0.5, 0.6) is 0 Å². The maximum Gasteiger partial charge on any atom is 0.193 e. The quantitative estimate of drug-likeness (QED) is 0.752. The fourth-order valence-corrected chi connectivity index (χ4v) is 3.40. The number of hydrogen-bond acceptors (Lipinski definition) is 5. The molecule has 1 aromatic carbocycles. The van der Waals surface area contributed by atoms with E-state index in [1.54, 1.807) is 11.3 Å². The van der Waals surface area contributed by atoms with Gasteiger partial charge in [-0.1, -0.05) is 29.8 Å². The van der Waals surface area contributed by atoms with E-state index in [4.69, 9.17) is 17.3 Å². The second-order valence-electron chi connectivity index (χ2n) is 4.93. The van der Waals surface area contributed by atoms with Crippen LogP contribution in [0.15, 0.2) is 24.3 Å². The average molecular weight is 334 g/mol. The number of thiazole rings is 1. The Balaban J connectivity index is 1.83. The molecule has 0 saturated carbocycles. The average Bonchev–Trinajstić information content (AvgIpc) is 3.09. The summed E-state index contributed by atoms with van der Waals surface area (Å²) in [4.78, 5) is 10.1. The fraction of sp³-hybridized carbons (Fsp3) is 0.267. The first-order valence-corrected chi connectivity index (χ1v) is 8.18. The number of nitrogens with one attached hydrogen (secondary N) is 1. The number of halogens is 1. The molecule has 22 heavy (non-hydrogen) atoms. The van der Waals surface area contributed by atoms with Crippen LogP contribution in [0.4, 0.5) is 0 Å². The third-order valence-corrected chi connectivity index (χ3v) is 4.83. The van der Waals surface area contributed by atoms with Crippen molar-refractivity contribution in [2.24, 2.45) is 5.73 Å². The van der Waals surface area contributed by atoms with Crippen LogP contribution in [0.25, 0.3) is 10.7 Å². The van der Waals surface area contributed by atoms with E-state index >= 15 is 0 Å². The SMILES string of the molecule is Cc1nc(CCN)sc1-c1n[nH]c(Cc2ccccc2Cl)n1. The number of nitrogens with zero attached hydrogens (tertiary/aromatic N) is 3. The molecule has 5 nitrogen and oxygen atoms in total. The number of benzene rings is 1. The standard InChI is InChI=1S/C15H16ClN5S/c1-9-14(22-13(18-9)6-7-17)15-19-12(20-21-15)8-10-4-2-3-5-11(10)16/h2-5H,6-8,17H2,1H3,(H,19,20,21). The summed E-state index contributed by atoms with van der Waals surface area (Å²) in [6.07, 6.45) is 1.41. The lowest BCUT2D eigenvalue weighted by Gasteiger charge is -1.99. The lowest BCUT2D eigenvalue weighted by Crippen LogP contribution is -2.01. The van der Waals surface area contributed by atoms with Gasteiger partial charge < -0.3 is 5.73 Å². The van der Waals surface area contributed by atoms with Gasteiger partial charge in [0.2, 0.25) is 0 Å². The van der Waals surface area contributed by atoms with Gasteiger partial charge in [0, 0.05) is 17.9 Å². The van der Waals surface area contributed by atoms with Crippen LogP contribution in [0.2, 0.25) is 5.02 Å². The molecule has 0 unspecified atom stereocenters. The zero-order valence-corrected chi connectivity index (χ0v) is 13.7. The highest BCUT2D eigenvalue weighted by molar-refractivity contribution is 7.15. The minimum atomic E-state index is 0.595. The van der Waals surface area contributed by atoms with Crippen LogP contribution in [-0.2, 0) is 12.8 Å². The number of aryl methyl sites for hydroxylation is 1. The molecule has 0 aliphatic rings. The maximum atomic E-state index is 6.18. The largest absolute Gasteiger partial charge is 0.330 e. The number of hydrogen-bond donors (Lipinski definition) is 2. The molecular formula is C15H16ClN5S. The van der Waals surface area contributed by atoms with Gasteiger partial charge in [0.25, 0.3) is 0 Å². The van der Waals surface area contributed by atoms with Crippen molar-refractivity contribution in [2.75, 3.05) is 6.54 Å². The first-order valence-electron chi connectivity index (χ1n) is 6.99.